The van der Waals surface area contributed by atoms with Gasteiger partial charge in [-0.15, -0.1) is 0 Å². The molecule has 1 aliphatic heterocycles. The van der Waals surface area contributed by atoms with Gasteiger partial charge in [0, 0.05) is 24.8 Å². The Morgan fingerprint density at radius 1 is 1.00 bits per heavy atom. The third-order valence-electron chi connectivity index (χ3n) is 6.70. The number of carbonyl (C=O) groups is 3. The zero-order valence-electron chi connectivity index (χ0n) is 20.6. The summed E-state index contributed by atoms with van der Waals surface area (Å²) in [4.78, 5) is 47.5. The van der Waals surface area contributed by atoms with Crippen molar-refractivity contribution in [1.29, 1.82) is 0 Å². The van der Waals surface area contributed by atoms with Crippen LogP contribution in [-0.2, 0) is 6.54 Å². The van der Waals surface area contributed by atoms with Crippen molar-refractivity contribution in [2.45, 2.75) is 31.8 Å². The molecule has 11 heteroatoms. The van der Waals surface area contributed by atoms with Gasteiger partial charge in [-0.25, -0.2) is 19.4 Å². The van der Waals surface area contributed by atoms with Gasteiger partial charge in [-0.05, 0) is 53.8 Å². The van der Waals surface area contributed by atoms with E-state index in [1.165, 1.54) is 17.4 Å². The molecule has 4 aromatic rings. The lowest BCUT2D eigenvalue weighted by Gasteiger charge is -2.33. The highest BCUT2D eigenvalue weighted by molar-refractivity contribution is 6.15. The molecule has 194 valence electrons. The predicted molar refractivity (Wildman–Crippen MR) is 140 cm³/mol. The molecule has 1 fully saturated rings. The van der Waals surface area contributed by atoms with Crippen molar-refractivity contribution in [3.8, 4) is 0 Å². The smallest absolute Gasteiger partial charge is 0.407 e. The lowest BCUT2D eigenvalue weighted by atomic mass is 9.99. The first-order valence-corrected chi connectivity index (χ1v) is 12.4. The third-order valence-corrected chi connectivity index (χ3v) is 6.70. The molecule has 1 atom stereocenters. The molecule has 0 spiro atoms. The maximum absolute atomic E-state index is 13.4. The van der Waals surface area contributed by atoms with Gasteiger partial charge in [0.15, 0.2) is 5.69 Å². The molecule has 2 aromatic heterocycles. The molecular weight excluding hydrogens is 486 g/mol. The number of hydrogen-bond donors (Lipinski definition) is 3. The summed E-state index contributed by atoms with van der Waals surface area (Å²) in [7, 11) is 0. The summed E-state index contributed by atoms with van der Waals surface area (Å²) < 4.78 is 1.71. The van der Waals surface area contributed by atoms with E-state index in [2.05, 4.69) is 25.7 Å². The fourth-order valence-corrected chi connectivity index (χ4v) is 4.82. The summed E-state index contributed by atoms with van der Waals surface area (Å²) >= 11 is 0. The van der Waals surface area contributed by atoms with Crippen molar-refractivity contribution < 1.29 is 19.5 Å². The van der Waals surface area contributed by atoms with E-state index in [0.29, 0.717) is 25.1 Å². The number of anilines is 1. The molecule has 3 heterocycles. The van der Waals surface area contributed by atoms with Crippen molar-refractivity contribution >= 4 is 34.4 Å². The summed E-state index contributed by atoms with van der Waals surface area (Å²) in [6, 6.07) is 14.2. The Balaban J connectivity index is 1.34. The number of nitrogens with zero attached hydrogens (tertiary/aromatic N) is 5. The molecule has 1 aliphatic rings. The normalized spacial score (nSPS) is 15.3. The van der Waals surface area contributed by atoms with Crippen molar-refractivity contribution in [2.24, 2.45) is 0 Å². The number of amides is 3. The molecule has 5 rings (SSSR count). The molecule has 0 radical (unpaired) electrons. The molecule has 2 aromatic carbocycles. The second-order valence-electron chi connectivity index (χ2n) is 9.10. The first kappa shape index (κ1) is 24.9. The number of rotatable bonds is 7. The van der Waals surface area contributed by atoms with Gasteiger partial charge < -0.3 is 20.6 Å². The van der Waals surface area contributed by atoms with E-state index in [0.717, 1.165) is 29.2 Å². The van der Waals surface area contributed by atoms with Gasteiger partial charge >= 0.3 is 6.09 Å². The summed E-state index contributed by atoms with van der Waals surface area (Å²) in [5, 5.41) is 20.9. The van der Waals surface area contributed by atoms with E-state index in [1.807, 2.05) is 30.3 Å². The number of piperidine rings is 1. The quantitative estimate of drug-likeness (QED) is 0.344. The molecule has 0 saturated carbocycles. The van der Waals surface area contributed by atoms with Crippen LogP contribution in [0.25, 0.3) is 10.8 Å². The number of fused-ring (bicyclic) bond motifs is 1. The van der Waals surface area contributed by atoms with Crippen LogP contribution in [0.4, 0.5) is 10.5 Å². The predicted octanol–water partition coefficient (Wildman–Crippen LogP) is 3.39. The van der Waals surface area contributed by atoms with E-state index in [1.54, 1.807) is 29.2 Å². The fraction of sp³-hybridized carbons (Fsp3) is 0.259. The van der Waals surface area contributed by atoms with E-state index < -0.39 is 12.0 Å². The highest BCUT2D eigenvalue weighted by atomic mass is 16.4. The number of aromatic nitrogens is 4. The van der Waals surface area contributed by atoms with Gasteiger partial charge in [0.1, 0.15) is 12.7 Å². The Morgan fingerprint density at radius 3 is 2.63 bits per heavy atom. The molecule has 11 nitrogen and oxygen atoms in total. The van der Waals surface area contributed by atoms with Crippen LogP contribution < -0.4 is 10.6 Å². The third kappa shape index (κ3) is 5.31. The maximum Gasteiger partial charge on any atom is 0.407 e. The Labute approximate surface area is 218 Å². The number of nitrogens with one attached hydrogen (secondary N) is 2. The average molecular weight is 514 g/mol. The minimum atomic E-state index is -0.991. The van der Waals surface area contributed by atoms with E-state index >= 15 is 0 Å². The van der Waals surface area contributed by atoms with E-state index in [-0.39, 0.29) is 29.9 Å². The molecular formula is C27H27N7O4. The van der Waals surface area contributed by atoms with Crippen LogP contribution >= 0.6 is 0 Å². The van der Waals surface area contributed by atoms with Crippen LogP contribution in [0.2, 0.25) is 0 Å². The molecule has 0 bridgehead atoms. The zero-order chi connectivity index (χ0) is 26.5. The zero-order valence-corrected chi connectivity index (χ0v) is 20.6. The Bertz CT molecular complexity index is 1470. The summed E-state index contributed by atoms with van der Waals surface area (Å²) in [5.41, 5.74) is 1.77. The largest absolute Gasteiger partial charge is 0.465 e. The maximum atomic E-state index is 13.4. The SMILES string of the molecule is O=C(NCC1CCCCN1C(=O)O)c1ncccc1NC(=O)c1ccc(Cn2cncn2)c2ccccc12. The van der Waals surface area contributed by atoms with Gasteiger partial charge in [-0.1, -0.05) is 30.3 Å². The van der Waals surface area contributed by atoms with Crippen LogP contribution in [0.15, 0.2) is 67.4 Å². The van der Waals surface area contributed by atoms with Crippen molar-refractivity contribution in [1.82, 2.24) is 30.0 Å². The van der Waals surface area contributed by atoms with Gasteiger partial charge in [0.2, 0.25) is 0 Å². The van der Waals surface area contributed by atoms with Gasteiger partial charge in [0.05, 0.1) is 18.3 Å². The molecule has 38 heavy (non-hydrogen) atoms. The first-order chi connectivity index (χ1) is 18.5. The molecule has 1 unspecified atom stereocenters. The van der Waals surface area contributed by atoms with Crippen LogP contribution in [0.3, 0.4) is 0 Å². The number of carbonyl (C=O) groups excluding carboxylic acids is 2. The Hall–Kier alpha value is -4.80. The summed E-state index contributed by atoms with van der Waals surface area (Å²) in [6.07, 6.45) is 5.99. The molecule has 3 N–H and O–H groups in total. The minimum Gasteiger partial charge on any atom is -0.465 e. The van der Waals surface area contributed by atoms with Gasteiger partial charge in [0.25, 0.3) is 11.8 Å². The van der Waals surface area contributed by atoms with Crippen molar-refractivity contribution in [2.75, 3.05) is 18.4 Å². The van der Waals surface area contributed by atoms with Crippen LogP contribution in [-0.4, -0.2) is 66.8 Å². The average Bonchev–Trinajstić information content (AvgIpc) is 3.45. The lowest BCUT2D eigenvalue weighted by molar-refractivity contribution is 0.0879. The monoisotopic (exact) mass is 513 g/mol. The van der Waals surface area contributed by atoms with E-state index in [9.17, 15) is 19.5 Å². The van der Waals surface area contributed by atoms with Gasteiger partial charge in [-0.3, -0.25) is 9.59 Å². The first-order valence-electron chi connectivity index (χ1n) is 12.4. The molecule has 1 saturated heterocycles. The highest BCUT2D eigenvalue weighted by Crippen LogP contribution is 2.25. The van der Waals surface area contributed by atoms with Crippen LogP contribution in [0.5, 0.6) is 0 Å². The van der Waals surface area contributed by atoms with Crippen molar-refractivity contribution in [3.05, 3.63) is 84.2 Å². The van der Waals surface area contributed by atoms with Crippen molar-refractivity contribution in [3.63, 3.8) is 0 Å². The van der Waals surface area contributed by atoms with Gasteiger partial charge in [-0.2, -0.15) is 5.10 Å². The number of carboxylic acid groups (broad SMARTS) is 1. The number of likely N-dealkylation sites (tertiary alicyclic amines) is 1. The summed E-state index contributed by atoms with van der Waals surface area (Å²) in [5.74, 6) is -0.857. The lowest BCUT2D eigenvalue weighted by Crippen LogP contribution is -2.49. The summed E-state index contributed by atoms with van der Waals surface area (Å²) in [6.45, 7) is 1.13. The molecule has 0 aliphatic carbocycles. The highest BCUT2D eigenvalue weighted by Gasteiger charge is 2.27. The molecule has 3 amide bonds. The second-order valence-corrected chi connectivity index (χ2v) is 9.10. The Kier molecular flexibility index (Phi) is 7.25. The fourth-order valence-electron chi connectivity index (χ4n) is 4.82. The number of pyridine rings is 1. The van der Waals surface area contributed by atoms with Crippen LogP contribution in [0, 0.1) is 0 Å². The minimum absolute atomic E-state index is 0.0608. The second kappa shape index (κ2) is 11.1. The topological polar surface area (TPSA) is 142 Å². The van der Waals surface area contributed by atoms with Crippen LogP contribution in [0.1, 0.15) is 45.7 Å². The number of benzene rings is 2. The standard InChI is InChI=1S/C27H27N7O4/c35-25(22-11-10-18(15-33-17-28-16-31-33)20-7-1-2-8-21(20)22)32-23-9-5-12-29-24(23)26(36)30-14-19-6-3-4-13-34(19)27(37)38/h1-2,5,7-12,16-17,19H,3-4,6,13-15H2,(H,30,36)(H,32,35)(H,37,38). The van der Waals surface area contributed by atoms with E-state index in [4.69, 9.17) is 0 Å². The number of hydrogen-bond acceptors (Lipinski definition) is 6. The Morgan fingerprint density at radius 2 is 1.84 bits per heavy atom.